The number of nitrogens with zero attached hydrogens (tertiary/aromatic N) is 1. The molecule has 0 bridgehead atoms. The molecule has 1 N–H and O–H groups in total. The first-order valence-electron chi connectivity index (χ1n) is 6.26. The standard InChI is InChI=1S/C13H23NO2/c1-12(2,3)7-10(6-11(15)16)14-8-13(9-14)4-5-13/h10H,4-9H2,1-3H3,(H,15,16). The Morgan fingerprint density at radius 3 is 2.31 bits per heavy atom. The summed E-state index contributed by atoms with van der Waals surface area (Å²) in [5.74, 6) is -0.661. The van der Waals surface area contributed by atoms with E-state index in [0.29, 0.717) is 11.8 Å². The summed E-state index contributed by atoms with van der Waals surface area (Å²) in [5, 5.41) is 8.97. The zero-order valence-corrected chi connectivity index (χ0v) is 10.6. The SMILES string of the molecule is CC(C)(C)CC(CC(=O)O)N1CC2(CC2)C1. The third-order valence-electron chi connectivity index (χ3n) is 3.81. The molecule has 16 heavy (non-hydrogen) atoms. The first kappa shape index (κ1) is 11.9. The van der Waals surface area contributed by atoms with Gasteiger partial charge in [0.15, 0.2) is 0 Å². The highest BCUT2D eigenvalue weighted by Crippen LogP contribution is 2.54. The summed E-state index contributed by atoms with van der Waals surface area (Å²) < 4.78 is 0. The van der Waals surface area contributed by atoms with Crippen LogP contribution in [-0.4, -0.2) is 35.1 Å². The van der Waals surface area contributed by atoms with Crippen molar-refractivity contribution in [2.45, 2.75) is 52.5 Å². The number of carboxylic acids is 1. The molecule has 2 aliphatic rings. The molecule has 0 radical (unpaired) electrons. The average Bonchev–Trinajstić information content (AvgIpc) is 2.74. The summed E-state index contributed by atoms with van der Waals surface area (Å²) in [5.41, 5.74) is 0.834. The van der Waals surface area contributed by atoms with Crippen LogP contribution in [0.2, 0.25) is 0 Å². The number of carbonyl (C=O) groups is 1. The Morgan fingerprint density at radius 1 is 1.38 bits per heavy atom. The molecule has 1 aliphatic heterocycles. The fourth-order valence-electron chi connectivity index (χ4n) is 2.81. The molecule has 1 saturated carbocycles. The summed E-state index contributed by atoms with van der Waals surface area (Å²) >= 11 is 0. The summed E-state index contributed by atoms with van der Waals surface area (Å²) in [6.45, 7) is 8.85. The Labute approximate surface area is 97.8 Å². The molecule has 92 valence electrons. The minimum absolute atomic E-state index is 0.215. The van der Waals surface area contributed by atoms with Gasteiger partial charge >= 0.3 is 5.97 Å². The van der Waals surface area contributed by atoms with E-state index in [0.717, 1.165) is 19.5 Å². The second kappa shape index (κ2) is 3.73. The summed E-state index contributed by atoms with van der Waals surface area (Å²) in [6.07, 6.45) is 4.00. The van der Waals surface area contributed by atoms with Gasteiger partial charge in [-0.05, 0) is 30.1 Å². The molecule has 0 aromatic heterocycles. The van der Waals surface area contributed by atoms with Crippen LogP contribution in [0.5, 0.6) is 0 Å². The Balaban J connectivity index is 1.89. The molecule has 1 spiro atoms. The average molecular weight is 225 g/mol. The molecule has 0 aromatic rings. The Bertz CT molecular complexity index is 281. The van der Waals surface area contributed by atoms with Gasteiger partial charge in [0.25, 0.3) is 0 Å². The molecule has 3 heteroatoms. The number of hydrogen-bond acceptors (Lipinski definition) is 2. The Hall–Kier alpha value is -0.570. The first-order chi connectivity index (χ1) is 7.30. The molecule has 1 heterocycles. The van der Waals surface area contributed by atoms with Gasteiger partial charge in [-0.1, -0.05) is 20.8 Å². The topological polar surface area (TPSA) is 40.5 Å². The first-order valence-corrected chi connectivity index (χ1v) is 6.26. The van der Waals surface area contributed by atoms with Crippen LogP contribution < -0.4 is 0 Å². The van der Waals surface area contributed by atoms with E-state index < -0.39 is 5.97 Å². The molecular formula is C13H23NO2. The minimum Gasteiger partial charge on any atom is -0.481 e. The third-order valence-corrected chi connectivity index (χ3v) is 3.81. The van der Waals surface area contributed by atoms with E-state index in [4.69, 9.17) is 5.11 Å². The Kier molecular flexibility index (Phi) is 2.77. The maximum Gasteiger partial charge on any atom is 0.304 e. The van der Waals surface area contributed by atoms with E-state index in [9.17, 15) is 4.79 Å². The van der Waals surface area contributed by atoms with Gasteiger partial charge in [-0.2, -0.15) is 0 Å². The van der Waals surface area contributed by atoms with Crippen molar-refractivity contribution in [1.29, 1.82) is 0 Å². The van der Waals surface area contributed by atoms with E-state index in [2.05, 4.69) is 25.7 Å². The highest BCUT2D eigenvalue weighted by Gasteiger charge is 2.53. The van der Waals surface area contributed by atoms with Crippen LogP contribution in [0.4, 0.5) is 0 Å². The van der Waals surface area contributed by atoms with Gasteiger partial charge in [0.1, 0.15) is 0 Å². The summed E-state index contributed by atoms with van der Waals surface area (Å²) in [4.78, 5) is 13.3. The highest BCUT2D eigenvalue weighted by molar-refractivity contribution is 5.67. The van der Waals surface area contributed by atoms with E-state index in [1.54, 1.807) is 0 Å². The largest absolute Gasteiger partial charge is 0.481 e. The fraction of sp³-hybridized carbons (Fsp3) is 0.923. The molecule has 1 atom stereocenters. The lowest BCUT2D eigenvalue weighted by atomic mass is 9.83. The predicted octanol–water partition coefficient (Wildman–Crippen LogP) is 2.36. The molecule has 2 rings (SSSR count). The van der Waals surface area contributed by atoms with Crippen molar-refractivity contribution in [2.75, 3.05) is 13.1 Å². The van der Waals surface area contributed by atoms with Crippen molar-refractivity contribution in [3.8, 4) is 0 Å². The van der Waals surface area contributed by atoms with Gasteiger partial charge < -0.3 is 5.11 Å². The maximum atomic E-state index is 10.9. The lowest BCUT2D eigenvalue weighted by Crippen LogP contribution is -2.54. The highest BCUT2D eigenvalue weighted by atomic mass is 16.4. The predicted molar refractivity (Wildman–Crippen MR) is 63.4 cm³/mol. The van der Waals surface area contributed by atoms with Crippen LogP contribution in [0, 0.1) is 10.8 Å². The monoisotopic (exact) mass is 225 g/mol. The number of rotatable bonds is 4. The molecular weight excluding hydrogens is 202 g/mol. The normalized spacial score (nSPS) is 25.2. The molecule has 3 nitrogen and oxygen atoms in total. The van der Waals surface area contributed by atoms with Gasteiger partial charge in [0, 0.05) is 19.1 Å². The van der Waals surface area contributed by atoms with Crippen LogP contribution in [0.15, 0.2) is 0 Å². The van der Waals surface area contributed by atoms with Crippen LogP contribution in [0.3, 0.4) is 0 Å². The van der Waals surface area contributed by atoms with Gasteiger partial charge in [-0.25, -0.2) is 0 Å². The van der Waals surface area contributed by atoms with Crippen molar-refractivity contribution in [3.63, 3.8) is 0 Å². The fourth-order valence-corrected chi connectivity index (χ4v) is 2.81. The van der Waals surface area contributed by atoms with Crippen LogP contribution >= 0.6 is 0 Å². The van der Waals surface area contributed by atoms with Gasteiger partial charge in [-0.3, -0.25) is 9.69 Å². The van der Waals surface area contributed by atoms with Crippen molar-refractivity contribution in [2.24, 2.45) is 10.8 Å². The van der Waals surface area contributed by atoms with E-state index in [-0.39, 0.29) is 11.5 Å². The van der Waals surface area contributed by atoms with Crippen LogP contribution in [0.25, 0.3) is 0 Å². The van der Waals surface area contributed by atoms with Gasteiger partial charge in [0.2, 0.25) is 0 Å². The van der Waals surface area contributed by atoms with Crippen molar-refractivity contribution in [1.82, 2.24) is 4.90 Å². The second-order valence-corrected chi connectivity index (χ2v) is 6.92. The van der Waals surface area contributed by atoms with Crippen LogP contribution in [0.1, 0.15) is 46.5 Å². The molecule has 2 fully saturated rings. The molecule has 0 aromatic carbocycles. The number of aliphatic carboxylic acids is 1. The summed E-state index contributed by atoms with van der Waals surface area (Å²) in [7, 11) is 0. The van der Waals surface area contributed by atoms with Crippen molar-refractivity contribution < 1.29 is 9.90 Å². The van der Waals surface area contributed by atoms with Crippen molar-refractivity contribution in [3.05, 3.63) is 0 Å². The van der Waals surface area contributed by atoms with Crippen LogP contribution in [-0.2, 0) is 4.79 Å². The lowest BCUT2D eigenvalue weighted by Gasteiger charge is -2.46. The third kappa shape index (κ3) is 2.76. The zero-order valence-electron chi connectivity index (χ0n) is 10.6. The number of likely N-dealkylation sites (tertiary alicyclic amines) is 1. The molecule has 1 saturated heterocycles. The van der Waals surface area contributed by atoms with Gasteiger partial charge in [-0.15, -0.1) is 0 Å². The molecule has 1 unspecified atom stereocenters. The Morgan fingerprint density at radius 2 is 1.94 bits per heavy atom. The zero-order chi connectivity index (χ0) is 12.0. The van der Waals surface area contributed by atoms with E-state index >= 15 is 0 Å². The molecule has 0 amide bonds. The summed E-state index contributed by atoms with van der Waals surface area (Å²) in [6, 6.07) is 0.240. The lowest BCUT2D eigenvalue weighted by molar-refractivity contribution is -0.139. The van der Waals surface area contributed by atoms with Gasteiger partial charge in [0.05, 0.1) is 6.42 Å². The van der Waals surface area contributed by atoms with Crippen molar-refractivity contribution >= 4 is 5.97 Å². The van der Waals surface area contributed by atoms with E-state index in [1.807, 2.05) is 0 Å². The minimum atomic E-state index is -0.661. The number of hydrogen-bond donors (Lipinski definition) is 1. The smallest absolute Gasteiger partial charge is 0.304 e. The second-order valence-electron chi connectivity index (χ2n) is 6.92. The van der Waals surface area contributed by atoms with E-state index in [1.165, 1.54) is 12.8 Å². The maximum absolute atomic E-state index is 10.9. The molecule has 1 aliphatic carbocycles. The number of carboxylic acid groups (broad SMARTS) is 1. The quantitative estimate of drug-likeness (QED) is 0.798.